The summed E-state index contributed by atoms with van der Waals surface area (Å²) >= 11 is 2.08. The lowest BCUT2D eigenvalue weighted by molar-refractivity contribution is 0.466. The van der Waals surface area contributed by atoms with Crippen molar-refractivity contribution in [3.8, 4) is 0 Å². The number of rotatable bonds is 4. The first kappa shape index (κ1) is 13.0. The fraction of sp³-hybridized carbons (Fsp3) is 0.600. The van der Waals surface area contributed by atoms with Gasteiger partial charge in [-0.15, -0.1) is 0 Å². The molecule has 1 saturated heterocycles. The number of nitrogens with one attached hydrogen (secondary N) is 1. The van der Waals surface area contributed by atoms with Gasteiger partial charge in [-0.1, -0.05) is 44.5 Å². The van der Waals surface area contributed by atoms with Gasteiger partial charge < -0.3 is 5.32 Å². The third-order valence-corrected chi connectivity index (χ3v) is 4.66. The third kappa shape index (κ3) is 3.49. The first-order chi connectivity index (χ1) is 8.33. The number of benzene rings is 1. The zero-order valence-electron chi connectivity index (χ0n) is 10.9. The molecule has 1 aliphatic heterocycles. The van der Waals surface area contributed by atoms with Crippen LogP contribution in [0.3, 0.4) is 0 Å². The second kappa shape index (κ2) is 6.46. The van der Waals surface area contributed by atoms with Crippen molar-refractivity contribution >= 4 is 11.8 Å². The van der Waals surface area contributed by atoms with Crippen molar-refractivity contribution in [3.05, 3.63) is 35.4 Å². The van der Waals surface area contributed by atoms with Crippen LogP contribution in [0, 0.1) is 0 Å². The Morgan fingerprint density at radius 3 is 2.59 bits per heavy atom. The van der Waals surface area contributed by atoms with Gasteiger partial charge in [-0.25, -0.2) is 0 Å². The molecular formula is C15H23NS. The van der Waals surface area contributed by atoms with E-state index in [0.29, 0.717) is 12.1 Å². The van der Waals surface area contributed by atoms with Crippen LogP contribution in [-0.2, 0) is 6.42 Å². The highest BCUT2D eigenvalue weighted by Gasteiger charge is 2.20. The number of hydrogen-bond donors (Lipinski definition) is 1. The van der Waals surface area contributed by atoms with Crippen molar-refractivity contribution in [2.24, 2.45) is 0 Å². The van der Waals surface area contributed by atoms with Crippen molar-refractivity contribution < 1.29 is 0 Å². The molecule has 2 rings (SSSR count). The van der Waals surface area contributed by atoms with Crippen LogP contribution in [0.4, 0.5) is 0 Å². The van der Waals surface area contributed by atoms with Crippen LogP contribution in [0.15, 0.2) is 24.3 Å². The van der Waals surface area contributed by atoms with Crippen LogP contribution in [0.2, 0.25) is 0 Å². The van der Waals surface area contributed by atoms with E-state index in [9.17, 15) is 0 Å². The Balaban J connectivity index is 2.01. The van der Waals surface area contributed by atoms with Gasteiger partial charge in [-0.3, -0.25) is 0 Å². The van der Waals surface area contributed by atoms with Crippen molar-refractivity contribution in [1.82, 2.24) is 5.32 Å². The van der Waals surface area contributed by atoms with E-state index in [0.717, 1.165) is 0 Å². The van der Waals surface area contributed by atoms with E-state index in [1.165, 1.54) is 41.9 Å². The molecule has 94 valence electrons. The minimum atomic E-state index is 0.550. The molecular weight excluding hydrogens is 226 g/mol. The minimum Gasteiger partial charge on any atom is -0.306 e. The van der Waals surface area contributed by atoms with Gasteiger partial charge >= 0.3 is 0 Å². The van der Waals surface area contributed by atoms with Gasteiger partial charge in [0.25, 0.3) is 0 Å². The molecule has 0 radical (unpaired) electrons. The fourth-order valence-corrected chi connectivity index (χ4v) is 3.62. The van der Waals surface area contributed by atoms with Crippen LogP contribution >= 0.6 is 11.8 Å². The standard InChI is InChI=1S/C15H23NS/c1-3-5-12-6-8-13(9-7-12)15-11-17-10-14(4-2)16-15/h6-9,14-16H,3-5,10-11H2,1-2H3. The summed E-state index contributed by atoms with van der Waals surface area (Å²) in [5.41, 5.74) is 2.92. The van der Waals surface area contributed by atoms with Gasteiger partial charge in [0.2, 0.25) is 0 Å². The molecule has 2 atom stereocenters. The van der Waals surface area contributed by atoms with Crippen molar-refractivity contribution in [3.63, 3.8) is 0 Å². The largest absolute Gasteiger partial charge is 0.306 e. The van der Waals surface area contributed by atoms with Crippen molar-refractivity contribution in [2.45, 2.75) is 45.2 Å². The fourth-order valence-electron chi connectivity index (χ4n) is 2.34. The first-order valence-electron chi connectivity index (χ1n) is 6.76. The monoisotopic (exact) mass is 249 g/mol. The molecule has 2 heteroatoms. The lowest BCUT2D eigenvalue weighted by Crippen LogP contribution is -2.39. The normalized spacial score (nSPS) is 24.8. The van der Waals surface area contributed by atoms with Gasteiger partial charge in [-0.2, -0.15) is 11.8 Å². The van der Waals surface area contributed by atoms with Crippen LogP contribution in [-0.4, -0.2) is 17.5 Å². The molecule has 1 fully saturated rings. The van der Waals surface area contributed by atoms with Gasteiger partial charge in [0.15, 0.2) is 0 Å². The van der Waals surface area contributed by atoms with Crippen LogP contribution in [0.25, 0.3) is 0 Å². The molecule has 0 spiro atoms. The molecule has 1 aromatic rings. The van der Waals surface area contributed by atoms with Crippen LogP contribution in [0.1, 0.15) is 43.9 Å². The second-order valence-corrected chi connectivity index (χ2v) is 5.93. The topological polar surface area (TPSA) is 12.0 Å². The van der Waals surface area contributed by atoms with Crippen molar-refractivity contribution in [1.29, 1.82) is 0 Å². The summed E-state index contributed by atoms with van der Waals surface area (Å²) < 4.78 is 0. The molecule has 0 aromatic heterocycles. The smallest absolute Gasteiger partial charge is 0.0414 e. The zero-order valence-corrected chi connectivity index (χ0v) is 11.7. The number of thioether (sulfide) groups is 1. The Morgan fingerprint density at radius 1 is 1.18 bits per heavy atom. The highest BCUT2D eigenvalue weighted by Crippen LogP contribution is 2.25. The van der Waals surface area contributed by atoms with E-state index in [-0.39, 0.29) is 0 Å². The lowest BCUT2D eigenvalue weighted by atomic mass is 10.0. The molecule has 0 amide bonds. The Hall–Kier alpha value is -0.470. The summed E-state index contributed by atoms with van der Waals surface area (Å²) in [5, 5.41) is 3.75. The molecule has 1 nitrogen and oxygen atoms in total. The summed E-state index contributed by atoms with van der Waals surface area (Å²) in [4.78, 5) is 0. The van der Waals surface area contributed by atoms with Gasteiger partial charge in [-0.05, 0) is 24.0 Å². The van der Waals surface area contributed by atoms with E-state index in [1.807, 2.05) is 0 Å². The highest BCUT2D eigenvalue weighted by molar-refractivity contribution is 7.99. The molecule has 0 saturated carbocycles. The van der Waals surface area contributed by atoms with Crippen molar-refractivity contribution in [2.75, 3.05) is 11.5 Å². The minimum absolute atomic E-state index is 0.550. The Morgan fingerprint density at radius 2 is 1.94 bits per heavy atom. The molecule has 1 aliphatic rings. The quantitative estimate of drug-likeness (QED) is 0.871. The maximum Gasteiger partial charge on any atom is 0.0414 e. The van der Waals surface area contributed by atoms with Gasteiger partial charge in [0, 0.05) is 23.6 Å². The van der Waals surface area contributed by atoms with E-state index in [2.05, 4.69) is 55.2 Å². The zero-order chi connectivity index (χ0) is 12.1. The highest BCUT2D eigenvalue weighted by atomic mass is 32.2. The predicted molar refractivity (Wildman–Crippen MR) is 77.7 cm³/mol. The van der Waals surface area contributed by atoms with E-state index in [1.54, 1.807) is 0 Å². The Labute approximate surface area is 109 Å². The SMILES string of the molecule is CCCc1ccc(C2CSCC(CC)N2)cc1. The Bertz CT molecular complexity index is 333. The molecule has 17 heavy (non-hydrogen) atoms. The molecule has 1 aromatic carbocycles. The number of aryl methyl sites for hydroxylation is 1. The number of hydrogen-bond acceptors (Lipinski definition) is 2. The van der Waals surface area contributed by atoms with Crippen LogP contribution in [0.5, 0.6) is 0 Å². The summed E-state index contributed by atoms with van der Waals surface area (Å²) in [6.07, 6.45) is 3.66. The third-order valence-electron chi connectivity index (χ3n) is 3.45. The average molecular weight is 249 g/mol. The second-order valence-electron chi connectivity index (χ2n) is 4.85. The van der Waals surface area contributed by atoms with Crippen LogP contribution < -0.4 is 5.32 Å². The maximum absolute atomic E-state index is 3.75. The van der Waals surface area contributed by atoms with E-state index in [4.69, 9.17) is 0 Å². The molecule has 1 N–H and O–H groups in total. The summed E-state index contributed by atoms with van der Waals surface area (Å²) in [5.74, 6) is 2.48. The summed E-state index contributed by atoms with van der Waals surface area (Å²) in [6, 6.07) is 10.4. The average Bonchev–Trinajstić information content (AvgIpc) is 2.40. The van der Waals surface area contributed by atoms with E-state index >= 15 is 0 Å². The molecule has 2 unspecified atom stereocenters. The molecule has 1 heterocycles. The maximum atomic E-state index is 3.75. The lowest BCUT2D eigenvalue weighted by Gasteiger charge is -2.30. The summed E-state index contributed by atoms with van der Waals surface area (Å²) in [6.45, 7) is 4.50. The summed E-state index contributed by atoms with van der Waals surface area (Å²) in [7, 11) is 0. The van der Waals surface area contributed by atoms with E-state index < -0.39 is 0 Å². The van der Waals surface area contributed by atoms with Gasteiger partial charge in [0.1, 0.15) is 0 Å². The Kier molecular flexibility index (Phi) is 4.93. The predicted octanol–water partition coefficient (Wildman–Crippen LogP) is 3.80. The molecule has 0 bridgehead atoms. The van der Waals surface area contributed by atoms with Gasteiger partial charge in [0.05, 0.1) is 0 Å². The first-order valence-corrected chi connectivity index (χ1v) is 7.91. The molecule has 0 aliphatic carbocycles.